The van der Waals surface area contributed by atoms with Crippen LogP contribution < -0.4 is 24.8 Å². The van der Waals surface area contributed by atoms with E-state index in [-0.39, 0.29) is 61.8 Å². The van der Waals surface area contributed by atoms with Crippen molar-refractivity contribution < 1.29 is 51.0 Å². The van der Waals surface area contributed by atoms with Gasteiger partial charge in [-0.15, -0.1) is 0 Å². The summed E-state index contributed by atoms with van der Waals surface area (Å²) in [6.45, 7) is 13.6. The molecular weight excluding hydrogens is 318 g/mol. The maximum Gasteiger partial charge on any atom is 3.00 e. The Kier molecular flexibility index (Phi) is 10.0. The summed E-state index contributed by atoms with van der Waals surface area (Å²) in [6.07, 6.45) is 0. The summed E-state index contributed by atoms with van der Waals surface area (Å²) < 4.78 is 0. The van der Waals surface area contributed by atoms with Crippen LogP contribution in [0.15, 0.2) is 18.2 Å². The van der Waals surface area contributed by atoms with E-state index in [1.54, 1.807) is 0 Å². The van der Waals surface area contributed by atoms with Crippen LogP contribution in [0.5, 0.6) is 0 Å². The van der Waals surface area contributed by atoms with E-state index in [1.165, 1.54) is 11.1 Å². The first-order valence-corrected chi connectivity index (χ1v) is 4.99. The second-order valence-corrected chi connectivity index (χ2v) is 5.89. The van der Waals surface area contributed by atoms with Crippen molar-refractivity contribution in [3.8, 4) is 0 Å². The predicted octanol–water partition coefficient (Wildman–Crippen LogP) is -1.99. The Morgan fingerprint density at radius 2 is 1.38 bits per heavy atom. The minimum absolute atomic E-state index is 0. The largest absolute Gasteiger partial charge is 3.00 e. The number of rotatable bonds is 0. The second-order valence-electron chi connectivity index (χ2n) is 5.89. The van der Waals surface area contributed by atoms with Crippen LogP contribution in [0.2, 0.25) is 0 Å². The summed E-state index contributed by atoms with van der Waals surface area (Å²) >= 11 is 0. The van der Waals surface area contributed by atoms with Crippen LogP contribution >= 0.6 is 0 Å². The van der Waals surface area contributed by atoms with Crippen molar-refractivity contribution in [1.29, 1.82) is 0 Å². The van der Waals surface area contributed by atoms with Gasteiger partial charge in [0.1, 0.15) is 0 Å². The molecule has 0 bridgehead atoms. The molecule has 0 aliphatic heterocycles. The molecule has 1 radical (unpaired) electrons. The van der Waals surface area contributed by atoms with Gasteiger partial charge in [0.05, 0.1) is 0 Å². The molecule has 0 aromatic heterocycles. The van der Waals surface area contributed by atoms with Gasteiger partial charge in [-0.05, 0) is 0 Å². The molecular formula is C13H21Cl2Zr. The Morgan fingerprint density at radius 3 is 1.56 bits per heavy atom. The van der Waals surface area contributed by atoms with Gasteiger partial charge in [-0.1, -0.05) is 52.4 Å². The van der Waals surface area contributed by atoms with Crippen LogP contribution in [0.1, 0.15) is 52.7 Å². The van der Waals surface area contributed by atoms with E-state index in [0.717, 1.165) is 0 Å². The molecule has 0 spiro atoms. The summed E-state index contributed by atoms with van der Waals surface area (Å²) in [5, 5.41) is 0. The molecule has 3 heteroatoms. The molecule has 0 N–H and O–H groups in total. The van der Waals surface area contributed by atoms with E-state index in [0.29, 0.717) is 0 Å². The van der Waals surface area contributed by atoms with Crippen molar-refractivity contribution in [3.05, 3.63) is 29.3 Å². The first kappa shape index (κ1) is 22.0. The molecule has 0 aliphatic rings. The van der Waals surface area contributed by atoms with Crippen molar-refractivity contribution in [2.45, 2.75) is 52.4 Å². The van der Waals surface area contributed by atoms with E-state index in [9.17, 15) is 0 Å². The summed E-state index contributed by atoms with van der Waals surface area (Å²) in [6, 6.07) is 6.83. The van der Waals surface area contributed by atoms with E-state index >= 15 is 0 Å². The molecule has 91 valence electrons. The summed E-state index contributed by atoms with van der Waals surface area (Å²) in [5.41, 5.74) is 3.45. The molecule has 1 aromatic carbocycles. The molecule has 1 aromatic rings. The zero-order valence-corrected chi connectivity index (χ0v) is 15.0. The molecule has 0 amide bonds. The van der Waals surface area contributed by atoms with Crippen LogP contribution in [0.4, 0.5) is 0 Å². The van der Waals surface area contributed by atoms with E-state index in [2.05, 4.69) is 59.7 Å². The van der Waals surface area contributed by atoms with Gasteiger partial charge in [0.25, 0.3) is 0 Å². The molecule has 0 fully saturated rings. The fourth-order valence-corrected chi connectivity index (χ4v) is 1.38. The SMILES string of the molecule is CC(C)(C)c1cc[c-](C(C)(C)C)c1.[Cl-].[Cl-].[Zr+3]. The Bertz CT molecular complexity index is 261. The second kappa shape index (κ2) is 7.29. The first-order chi connectivity index (χ1) is 5.71. The van der Waals surface area contributed by atoms with Crippen molar-refractivity contribution in [2.75, 3.05) is 0 Å². The third-order valence-corrected chi connectivity index (χ3v) is 2.49. The molecule has 0 unspecified atom stereocenters. The third kappa shape index (κ3) is 5.94. The minimum Gasteiger partial charge on any atom is -1.00 e. The maximum atomic E-state index is 2.33. The third-order valence-electron chi connectivity index (χ3n) is 2.49. The first-order valence-electron chi connectivity index (χ1n) is 4.99. The van der Waals surface area contributed by atoms with Crippen molar-refractivity contribution in [1.82, 2.24) is 0 Å². The van der Waals surface area contributed by atoms with Crippen molar-refractivity contribution in [3.63, 3.8) is 0 Å². The zero-order valence-electron chi connectivity index (χ0n) is 11.0. The van der Waals surface area contributed by atoms with Crippen LogP contribution in [0.3, 0.4) is 0 Å². The smallest absolute Gasteiger partial charge is 1.00 e. The van der Waals surface area contributed by atoms with Gasteiger partial charge in [0, 0.05) is 0 Å². The van der Waals surface area contributed by atoms with Crippen LogP contribution in [0.25, 0.3) is 0 Å². The molecule has 0 heterocycles. The van der Waals surface area contributed by atoms with Gasteiger partial charge in [0.15, 0.2) is 0 Å². The minimum atomic E-state index is 0. The molecule has 0 atom stereocenters. The monoisotopic (exact) mass is 337 g/mol. The molecule has 0 nitrogen and oxygen atoms in total. The molecule has 1 rings (SSSR count). The van der Waals surface area contributed by atoms with Crippen LogP contribution in [0, 0.1) is 0 Å². The Balaban J connectivity index is -0.000000563. The van der Waals surface area contributed by atoms with Crippen molar-refractivity contribution in [2.24, 2.45) is 0 Å². The fourth-order valence-electron chi connectivity index (χ4n) is 1.38. The normalized spacial score (nSPS) is 10.9. The van der Waals surface area contributed by atoms with Gasteiger partial charge in [-0.2, -0.15) is 23.3 Å². The Labute approximate surface area is 132 Å². The van der Waals surface area contributed by atoms with Gasteiger partial charge >= 0.3 is 26.2 Å². The van der Waals surface area contributed by atoms with E-state index in [4.69, 9.17) is 0 Å². The quantitative estimate of drug-likeness (QED) is 0.480. The molecule has 0 aliphatic carbocycles. The maximum absolute atomic E-state index is 2.33. The average Bonchev–Trinajstić information content (AvgIpc) is 2.28. The van der Waals surface area contributed by atoms with Crippen molar-refractivity contribution >= 4 is 0 Å². The average molecular weight is 339 g/mol. The molecule has 16 heavy (non-hydrogen) atoms. The number of hydrogen-bond acceptors (Lipinski definition) is 0. The topological polar surface area (TPSA) is 0 Å². The summed E-state index contributed by atoms with van der Waals surface area (Å²) in [5.74, 6) is 0. The van der Waals surface area contributed by atoms with Gasteiger partial charge in [-0.25, -0.2) is 6.07 Å². The van der Waals surface area contributed by atoms with Crippen LogP contribution in [-0.4, -0.2) is 0 Å². The van der Waals surface area contributed by atoms with Crippen LogP contribution in [-0.2, 0) is 37.0 Å². The van der Waals surface area contributed by atoms with Gasteiger partial charge in [-0.3, -0.25) is 0 Å². The Hall–Kier alpha value is 0.813. The number of hydrogen-bond donors (Lipinski definition) is 0. The number of halogens is 2. The molecule has 0 saturated heterocycles. The molecule has 0 saturated carbocycles. The zero-order chi connectivity index (χ0) is 10.3. The summed E-state index contributed by atoms with van der Waals surface area (Å²) in [4.78, 5) is 0. The standard InChI is InChI=1S/C13H21.2ClH.Zr/c1-12(2,3)10-7-8-11(9-10)13(4,5)6;;;/h7-9H,1-6H3;2*1H;/q-1;;;+3/p-2. The van der Waals surface area contributed by atoms with Gasteiger partial charge in [0.2, 0.25) is 0 Å². The predicted molar refractivity (Wildman–Crippen MR) is 59.4 cm³/mol. The fraction of sp³-hybridized carbons (Fsp3) is 0.615. The van der Waals surface area contributed by atoms with E-state index in [1.807, 2.05) is 0 Å². The van der Waals surface area contributed by atoms with E-state index < -0.39 is 0 Å². The van der Waals surface area contributed by atoms with Gasteiger partial charge < -0.3 is 24.8 Å². The summed E-state index contributed by atoms with van der Waals surface area (Å²) in [7, 11) is 0. The Morgan fingerprint density at radius 1 is 0.938 bits per heavy atom.